The molecule has 1 N–H and O–H groups in total. The lowest BCUT2D eigenvalue weighted by Gasteiger charge is -2.32. The highest BCUT2D eigenvalue weighted by Crippen LogP contribution is 2.38. The summed E-state index contributed by atoms with van der Waals surface area (Å²) in [5.74, 6) is -1.28. The Bertz CT molecular complexity index is 1620. The Kier molecular flexibility index (Phi) is 6.72. The summed E-state index contributed by atoms with van der Waals surface area (Å²) < 4.78 is 19.4. The molecule has 0 bridgehead atoms. The average molecular weight is 592 g/mol. The van der Waals surface area contributed by atoms with E-state index < -0.39 is 23.7 Å². The Morgan fingerprint density at radius 3 is 2.61 bits per heavy atom. The number of piperazine rings is 1. The zero-order valence-electron chi connectivity index (χ0n) is 22.1. The third-order valence-electron chi connectivity index (χ3n) is 8.08. The molecule has 7 rings (SSSR count). The number of halogens is 2. The van der Waals surface area contributed by atoms with Crippen molar-refractivity contribution in [3.63, 3.8) is 0 Å². The summed E-state index contributed by atoms with van der Waals surface area (Å²) in [7, 11) is 0. The number of imidazole rings is 1. The van der Waals surface area contributed by atoms with Crippen molar-refractivity contribution >= 4 is 45.7 Å². The van der Waals surface area contributed by atoms with Gasteiger partial charge in [-0.2, -0.15) is 0 Å². The van der Waals surface area contributed by atoms with Crippen molar-refractivity contribution in [3.05, 3.63) is 82.6 Å². The minimum absolute atomic E-state index is 0.0198. The monoisotopic (exact) mass is 591 g/mol. The van der Waals surface area contributed by atoms with Crippen LogP contribution in [0.3, 0.4) is 0 Å². The van der Waals surface area contributed by atoms with E-state index in [1.54, 1.807) is 28.4 Å². The summed E-state index contributed by atoms with van der Waals surface area (Å²) in [6.45, 7) is 4.02. The van der Waals surface area contributed by atoms with Crippen molar-refractivity contribution in [1.82, 2.24) is 23.9 Å². The number of hydrogen-bond donors (Lipinski definition) is 1. The number of rotatable bonds is 6. The first-order chi connectivity index (χ1) is 20.0. The van der Waals surface area contributed by atoms with Gasteiger partial charge in [0.25, 0.3) is 11.8 Å². The Balaban J connectivity index is 1.19. The Morgan fingerprint density at radius 2 is 1.85 bits per heavy atom. The number of amides is 2. The fourth-order valence-electron chi connectivity index (χ4n) is 5.97. The molecule has 0 radical (unpaired) electrons. The molecule has 5 heterocycles. The fraction of sp³-hybridized carbons (Fsp3) is 0.310. The van der Waals surface area contributed by atoms with Gasteiger partial charge in [0.1, 0.15) is 5.82 Å². The molecule has 4 aromatic rings. The second-order valence-corrected chi connectivity index (χ2v) is 11.8. The molecule has 0 aliphatic carbocycles. The zero-order valence-corrected chi connectivity index (χ0v) is 23.7. The number of fused-ring (bicyclic) bond motifs is 2. The maximum absolute atomic E-state index is 15.6. The molecule has 1 saturated heterocycles. The number of aryl methyl sites for hydroxylation is 1. The van der Waals surface area contributed by atoms with Crippen LogP contribution in [0, 0.1) is 5.82 Å². The highest BCUT2D eigenvalue weighted by Gasteiger charge is 2.42. The van der Waals surface area contributed by atoms with Crippen LogP contribution in [-0.2, 0) is 24.3 Å². The van der Waals surface area contributed by atoms with Crippen molar-refractivity contribution < 1.29 is 14.0 Å². The van der Waals surface area contributed by atoms with Crippen LogP contribution >= 0.6 is 23.1 Å². The van der Waals surface area contributed by atoms with Crippen molar-refractivity contribution in [2.75, 3.05) is 36.4 Å². The van der Waals surface area contributed by atoms with Gasteiger partial charge in [-0.1, -0.05) is 12.1 Å². The van der Waals surface area contributed by atoms with Gasteiger partial charge in [-0.25, -0.2) is 18.8 Å². The molecule has 9 nitrogen and oxygen atoms in total. The van der Waals surface area contributed by atoms with Crippen molar-refractivity contribution in [3.8, 4) is 11.1 Å². The van der Waals surface area contributed by atoms with Crippen molar-refractivity contribution in [1.29, 1.82) is 0 Å². The Morgan fingerprint density at radius 1 is 1.05 bits per heavy atom. The maximum Gasteiger partial charge on any atom is 0.255 e. The van der Waals surface area contributed by atoms with Gasteiger partial charge >= 0.3 is 0 Å². The fourth-order valence-corrected chi connectivity index (χ4v) is 6.65. The van der Waals surface area contributed by atoms with E-state index in [2.05, 4.69) is 20.2 Å². The van der Waals surface area contributed by atoms with Gasteiger partial charge in [-0.05, 0) is 60.0 Å². The Labute approximate surface area is 245 Å². The second-order valence-electron chi connectivity index (χ2n) is 10.5. The standard InChI is InChI=1S/C29H27ClFN7O2S/c30-37-11-9-35(10-12-37)20-5-3-18(4-6-20)19-14-21-22(23(31)15-19)16-38(28(21)40)26(27(39)34-29-32-7-13-41-29)25-24-2-1-8-36(24)17-33-25/h3-7,13-15,17,26H,1-2,8-12,16H2,(H,32,34,39). The summed E-state index contributed by atoms with van der Waals surface area (Å²) in [5, 5.41) is 5.02. The number of carbonyl (C=O) groups is 2. The van der Waals surface area contributed by atoms with Crippen LogP contribution in [0.4, 0.5) is 15.2 Å². The van der Waals surface area contributed by atoms with Gasteiger partial charge in [0, 0.05) is 66.8 Å². The number of aromatic nitrogens is 3. The number of thiazole rings is 1. The van der Waals surface area contributed by atoms with E-state index in [-0.39, 0.29) is 17.7 Å². The molecule has 3 aliphatic heterocycles. The minimum atomic E-state index is -1.01. The number of benzene rings is 2. The van der Waals surface area contributed by atoms with Crippen LogP contribution in [-0.4, -0.2) is 61.8 Å². The van der Waals surface area contributed by atoms with E-state index in [1.807, 2.05) is 28.8 Å². The topological polar surface area (TPSA) is 86.6 Å². The first-order valence-corrected chi connectivity index (χ1v) is 14.8. The summed E-state index contributed by atoms with van der Waals surface area (Å²) >= 11 is 7.38. The van der Waals surface area contributed by atoms with E-state index in [4.69, 9.17) is 11.8 Å². The van der Waals surface area contributed by atoms with E-state index in [9.17, 15) is 9.59 Å². The van der Waals surface area contributed by atoms with Crippen LogP contribution in [0.25, 0.3) is 11.1 Å². The third kappa shape index (κ3) is 4.77. The second kappa shape index (κ2) is 10.6. The molecular formula is C29H27ClFN7O2S. The summed E-state index contributed by atoms with van der Waals surface area (Å²) in [6.07, 6.45) is 5.03. The van der Waals surface area contributed by atoms with Gasteiger partial charge in [-0.3, -0.25) is 14.9 Å². The van der Waals surface area contributed by atoms with Gasteiger partial charge < -0.3 is 14.4 Å². The highest BCUT2D eigenvalue weighted by molar-refractivity contribution is 7.13. The first kappa shape index (κ1) is 26.1. The lowest BCUT2D eigenvalue weighted by Crippen LogP contribution is -2.42. The van der Waals surface area contributed by atoms with Gasteiger partial charge in [-0.15, -0.1) is 11.3 Å². The highest BCUT2D eigenvalue weighted by atomic mass is 35.5. The van der Waals surface area contributed by atoms with Gasteiger partial charge in [0.05, 0.1) is 18.6 Å². The van der Waals surface area contributed by atoms with Crippen LogP contribution < -0.4 is 10.2 Å². The van der Waals surface area contributed by atoms with Crippen LogP contribution in [0.2, 0.25) is 0 Å². The quantitative estimate of drug-likeness (QED) is 0.327. The van der Waals surface area contributed by atoms with Crippen molar-refractivity contribution in [2.45, 2.75) is 32.0 Å². The number of nitrogens with zero attached hydrogens (tertiary/aromatic N) is 6. The van der Waals surface area contributed by atoms with E-state index >= 15 is 4.39 Å². The van der Waals surface area contributed by atoms with Gasteiger partial charge in [0.15, 0.2) is 11.2 Å². The Hall–Kier alpha value is -3.80. The molecule has 2 aromatic heterocycles. The summed E-state index contributed by atoms with van der Waals surface area (Å²) in [5.41, 5.74) is 4.51. The minimum Gasteiger partial charge on any atom is -0.369 e. The van der Waals surface area contributed by atoms with Crippen molar-refractivity contribution in [2.24, 2.45) is 0 Å². The molecule has 1 atom stereocenters. The SMILES string of the molecule is O=C(Nc1nccs1)C(c1ncn2c1CCC2)N1Cc2c(F)cc(-c3ccc(N4CCN(Cl)CC4)cc3)cc2C1=O. The van der Waals surface area contributed by atoms with Crippen LogP contribution in [0.15, 0.2) is 54.3 Å². The van der Waals surface area contributed by atoms with E-state index in [0.29, 0.717) is 16.4 Å². The molecule has 0 spiro atoms. The lowest BCUT2D eigenvalue weighted by molar-refractivity contribution is -0.121. The molecule has 3 aliphatic rings. The molecule has 1 unspecified atom stereocenters. The molecule has 12 heteroatoms. The largest absolute Gasteiger partial charge is 0.369 e. The normalized spacial score (nSPS) is 17.6. The first-order valence-electron chi connectivity index (χ1n) is 13.6. The molecular weight excluding hydrogens is 565 g/mol. The summed E-state index contributed by atoms with van der Waals surface area (Å²) in [4.78, 5) is 39.9. The third-order valence-corrected chi connectivity index (χ3v) is 9.11. The molecule has 1 fully saturated rings. The lowest BCUT2D eigenvalue weighted by atomic mass is 9.99. The van der Waals surface area contributed by atoms with E-state index in [1.165, 1.54) is 22.3 Å². The molecule has 210 valence electrons. The molecule has 2 amide bonds. The smallest absolute Gasteiger partial charge is 0.255 e. The number of anilines is 2. The predicted octanol–water partition coefficient (Wildman–Crippen LogP) is 4.70. The molecule has 41 heavy (non-hydrogen) atoms. The molecule has 2 aromatic carbocycles. The van der Waals surface area contributed by atoms with Crippen LogP contribution in [0.5, 0.6) is 0 Å². The zero-order chi connectivity index (χ0) is 28.1. The number of nitrogens with one attached hydrogen (secondary N) is 1. The van der Waals surface area contributed by atoms with E-state index in [0.717, 1.165) is 62.5 Å². The average Bonchev–Trinajstić information content (AvgIpc) is 3.78. The number of hydrogen-bond acceptors (Lipinski definition) is 7. The van der Waals surface area contributed by atoms with Gasteiger partial charge in [0.2, 0.25) is 0 Å². The number of carbonyl (C=O) groups excluding carboxylic acids is 2. The maximum atomic E-state index is 15.6. The predicted molar refractivity (Wildman–Crippen MR) is 155 cm³/mol. The van der Waals surface area contributed by atoms with Crippen LogP contribution in [0.1, 0.15) is 39.8 Å². The molecule has 0 saturated carbocycles. The summed E-state index contributed by atoms with van der Waals surface area (Å²) in [6, 6.07) is 10.1.